The first-order chi connectivity index (χ1) is 10.2. The van der Waals surface area contributed by atoms with Gasteiger partial charge in [0.1, 0.15) is 6.10 Å². The Morgan fingerprint density at radius 1 is 1.10 bits per heavy atom. The van der Waals surface area contributed by atoms with Crippen LogP contribution >= 0.6 is 15.9 Å². The molecule has 0 heterocycles. The Hall–Kier alpha value is -1.81. The van der Waals surface area contributed by atoms with Gasteiger partial charge in [-0.15, -0.1) is 0 Å². The Labute approximate surface area is 133 Å². The van der Waals surface area contributed by atoms with Gasteiger partial charge in [-0.3, -0.25) is 0 Å². The second-order valence-corrected chi connectivity index (χ2v) is 6.18. The number of benzene rings is 2. The minimum absolute atomic E-state index is 0.0568. The molecule has 0 amide bonds. The van der Waals surface area contributed by atoms with Crippen molar-refractivity contribution in [3.63, 3.8) is 0 Å². The van der Waals surface area contributed by atoms with Crippen molar-refractivity contribution >= 4 is 27.6 Å². The predicted molar refractivity (Wildman–Crippen MR) is 89.0 cm³/mol. The molecule has 2 rings (SSSR count). The van der Waals surface area contributed by atoms with Gasteiger partial charge in [-0.05, 0) is 31.2 Å². The number of hydrogen-bond acceptors (Lipinski definition) is 3. The Morgan fingerprint density at radius 2 is 1.67 bits per heavy atom. The van der Waals surface area contributed by atoms with E-state index >= 15 is 0 Å². The van der Waals surface area contributed by atoms with E-state index in [0.717, 1.165) is 5.69 Å². The van der Waals surface area contributed by atoms with Crippen molar-refractivity contribution in [3.8, 4) is 0 Å². The fraction of sp³-hybridized carbons (Fsp3) is 0.235. The van der Waals surface area contributed by atoms with E-state index in [9.17, 15) is 4.79 Å². The molecule has 2 unspecified atom stereocenters. The van der Waals surface area contributed by atoms with E-state index in [1.807, 2.05) is 55.5 Å². The second-order valence-electron chi connectivity index (χ2n) is 4.73. The maximum Gasteiger partial charge on any atom is 0.338 e. The fourth-order valence-corrected chi connectivity index (χ4v) is 2.15. The first-order valence-corrected chi connectivity index (χ1v) is 7.77. The van der Waals surface area contributed by atoms with Gasteiger partial charge < -0.3 is 10.1 Å². The summed E-state index contributed by atoms with van der Waals surface area (Å²) in [5, 5.41) is 3.28. The lowest BCUT2D eigenvalue weighted by Gasteiger charge is -2.21. The van der Waals surface area contributed by atoms with Gasteiger partial charge in [-0.1, -0.05) is 52.3 Å². The molecule has 2 atom stereocenters. The minimum atomic E-state index is -0.304. The fourth-order valence-electron chi connectivity index (χ4n) is 1.85. The average Bonchev–Trinajstić information content (AvgIpc) is 2.52. The first kappa shape index (κ1) is 15.6. The molecule has 2 aromatic rings. The highest BCUT2D eigenvalue weighted by molar-refractivity contribution is 9.09. The molecule has 0 aliphatic rings. The summed E-state index contributed by atoms with van der Waals surface area (Å²) in [5.41, 5.74) is 1.57. The summed E-state index contributed by atoms with van der Waals surface area (Å²) in [6.45, 7) is 2.52. The molecule has 21 heavy (non-hydrogen) atoms. The van der Waals surface area contributed by atoms with Crippen LogP contribution in [0.5, 0.6) is 0 Å². The first-order valence-electron chi connectivity index (χ1n) is 6.86. The number of rotatable bonds is 6. The van der Waals surface area contributed by atoms with Crippen molar-refractivity contribution in [2.45, 2.75) is 17.9 Å². The number of ether oxygens (including phenoxy) is 1. The molecule has 2 aromatic carbocycles. The van der Waals surface area contributed by atoms with Gasteiger partial charge in [0.2, 0.25) is 0 Å². The number of carbonyl (C=O) groups excluding carboxylic acids is 1. The highest BCUT2D eigenvalue weighted by Crippen LogP contribution is 2.14. The molecule has 0 aromatic heterocycles. The van der Waals surface area contributed by atoms with Crippen LogP contribution in [0.3, 0.4) is 0 Å². The summed E-state index contributed by atoms with van der Waals surface area (Å²) in [5.74, 6) is -0.304. The second kappa shape index (κ2) is 7.84. The van der Waals surface area contributed by atoms with Gasteiger partial charge in [0.15, 0.2) is 0 Å². The minimum Gasteiger partial charge on any atom is -0.456 e. The quantitative estimate of drug-likeness (QED) is 0.631. The number of para-hydroxylation sites is 1. The van der Waals surface area contributed by atoms with Crippen LogP contribution in [0, 0.1) is 0 Å². The van der Waals surface area contributed by atoms with Gasteiger partial charge in [0.25, 0.3) is 0 Å². The predicted octanol–water partition coefficient (Wildman–Crippen LogP) is 4.11. The molecule has 0 spiro atoms. The molecule has 3 nitrogen and oxygen atoms in total. The zero-order valence-electron chi connectivity index (χ0n) is 11.8. The normalized spacial score (nSPS) is 13.2. The number of anilines is 1. The van der Waals surface area contributed by atoms with Crippen LogP contribution in [0.1, 0.15) is 17.3 Å². The van der Waals surface area contributed by atoms with Crippen molar-refractivity contribution in [1.82, 2.24) is 0 Å². The molecule has 0 aliphatic heterocycles. The average molecular weight is 348 g/mol. The Morgan fingerprint density at radius 3 is 2.24 bits per heavy atom. The van der Waals surface area contributed by atoms with Crippen molar-refractivity contribution in [3.05, 3.63) is 66.2 Å². The Bertz CT molecular complexity index is 558. The summed E-state index contributed by atoms with van der Waals surface area (Å²) in [4.78, 5) is 12.2. The number of hydrogen-bond donors (Lipinski definition) is 1. The monoisotopic (exact) mass is 347 g/mol. The molecule has 0 saturated heterocycles. The van der Waals surface area contributed by atoms with Crippen LogP contribution in [-0.4, -0.2) is 23.4 Å². The molecule has 1 N–H and O–H groups in total. The number of esters is 1. The van der Waals surface area contributed by atoms with E-state index in [1.165, 1.54) is 0 Å². The van der Waals surface area contributed by atoms with E-state index in [4.69, 9.17) is 4.74 Å². The number of alkyl halides is 1. The van der Waals surface area contributed by atoms with Crippen LogP contribution in [0.2, 0.25) is 0 Å². The molecule has 110 valence electrons. The number of halogens is 1. The topological polar surface area (TPSA) is 38.3 Å². The van der Waals surface area contributed by atoms with Gasteiger partial charge in [-0.25, -0.2) is 4.79 Å². The largest absolute Gasteiger partial charge is 0.456 e. The standard InChI is InChI=1S/C17H18BrNO2/c1-13(18)16(12-19-15-10-6-3-7-11-15)21-17(20)14-8-4-2-5-9-14/h2-11,13,16,19H,12H2,1H3. The zero-order valence-corrected chi connectivity index (χ0v) is 13.4. The molecule has 0 bridgehead atoms. The van der Waals surface area contributed by atoms with Gasteiger partial charge in [-0.2, -0.15) is 0 Å². The Balaban J connectivity index is 1.95. The van der Waals surface area contributed by atoms with Crippen LogP contribution in [0.25, 0.3) is 0 Å². The third-order valence-corrected chi connectivity index (χ3v) is 3.65. The van der Waals surface area contributed by atoms with E-state index < -0.39 is 0 Å². The molecule has 0 radical (unpaired) electrons. The smallest absolute Gasteiger partial charge is 0.338 e. The van der Waals surface area contributed by atoms with Crippen LogP contribution in [0.4, 0.5) is 5.69 Å². The van der Waals surface area contributed by atoms with E-state index in [1.54, 1.807) is 12.1 Å². The molecular formula is C17H18BrNO2. The third kappa shape index (κ3) is 4.90. The molecule has 4 heteroatoms. The maximum atomic E-state index is 12.1. The number of nitrogens with one attached hydrogen (secondary N) is 1. The van der Waals surface area contributed by atoms with Crippen LogP contribution < -0.4 is 5.32 Å². The lowest BCUT2D eigenvalue weighted by atomic mass is 10.2. The highest BCUT2D eigenvalue weighted by Gasteiger charge is 2.20. The summed E-state index contributed by atoms with van der Waals surface area (Å²) in [6.07, 6.45) is -0.252. The zero-order chi connectivity index (χ0) is 15.1. The summed E-state index contributed by atoms with van der Waals surface area (Å²) < 4.78 is 5.57. The lowest BCUT2D eigenvalue weighted by Crippen LogP contribution is -2.32. The molecule has 0 saturated carbocycles. The van der Waals surface area contributed by atoms with Crippen molar-refractivity contribution in [2.24, 2.45) is 0 Å². The summed E-state index contributed by atoms with van der Waals surface area (Å²) >= 11 is 3.50. The summed E-state index contributed by atoms with van der Waals surface area (Å²) in [7, 11) is 0. The van der Waals surface area contributed by atoms with E-state index in [0.29, 0.717) is 12.1 Å². The van der Waals surface area contributed by atoms with Gasteiger partial charge in [0, 0.05) is 5.69 Å². The maximum absolute atomic E-state index is 12.1. The molecular weight excluding hydrogens is 330 g/mol. The van der Waals surface area contributed by atoms with Gasteiger partial charge in [0.05, 0.1) is 16.9 Å². The van der Waals surface area contributed by atoms with E-state index in [-0.39, 0.29) is 16.9 Å². The molecule has 0 aliphatic carbocycles. The highest BCUT2D eigenvalue weighted by atomic mass is 79.9. The van der Waals surface area contributed by atoms with Crippen LogP contribution in [-0.2, 0) is 4.74 Å². The van der Waals surface area contributed by atoms with Crippen molar-refractivity contribution < 1.29 is 9.53 Å². The Kier molecular flexibility index (Phi) is 5.81. The van der Waals surface area contributed by atoms with Gasteiger partial charge >= 0.3 is 5.97 Å². The SMILES string of the molecule is CC(Br)C(CNc1ccccc1)OC(=O)c1ccccc1. The molecule has 0 fully saturated rings. The van der Waals surface area contributed by atoms with Crippen molar-refractivity contribution in [2.75, 3.05) is 11.9 Å². The van der Waals surface area contributed by atoms with Crippen molar-refractivity contribution in [1.29, 1.82) is 0 Å². The summed E-state index contributed by atoms with van der Waals surface area (Å²) in [6, 6.07) is 18.9. The third-order valence-electron chi connectivity index (χ3n) is 3.06. The van der Waals surface area contributed by atoms with E-state index in [2.05, 4.69) is 21.2 Å². The lowest BCUT2D eigenvalue weighted by molar-refractivity contribution is 0.0336. The number of carbonyl (C=O) groups is 1. The van der Waals surface area contributed by atoms with Crippen LogP contribution in [0.15, 0.2) is 60.7 Å².